The molecule has 0 aromatic carbocycles. The SMILES string of the molecule is O=C(F)OO[N+](=O)[O-]. The fraction of sp³-hybridized carbons (Fsp3) is 0. The first-order valence-corrected chi connectivity index (χ1v) is 1.31. The lowest BCUT2D eigenvalue weighted by molar-refractivity contribution is -0.839. The average molecular weight is 125 g/mol. The van der Waals surface area contributed by atoms with Gasteiger partial charge >= 0.3 is 11.3 Å². The van der Waals surface area contributed by atoms with Gasteiger partial charge in [-0.05, 0) is 0 Å². The van der Waals surface area contributed by atoms with Gasteiger partial charge in [0.25, 0.3) is 0 Å². The highest BCUT2D eigenvalue weighted by atomic mass is 19.1. The van der Waals surface area contributed by atoms with Crippen LogP contribution < -0.4 is 0 Å². The molecule has 0 aromatic heterocycles. The van der Waals surface area contributed by atoms with Gasteiger partial charge in [-0.25, -0.2) is 9.68 Å². The molecule has 0 aromatic rings. The number of nitrogens with zero attached hydrogens (tertiary/aromatic N) is 1. The molecule has 0 heterocycles. The van der Waals surface area contributed by atoms with E-state index in [9.17, 15) is 4.39 Å². The van der Waals surface area contributed by atoms with E-state index in [1.54, 1.807) is 0 Å². The van der Waals surface area contributed by atoms with Gasteiger partial charge in [-0.15, -0.1) is 14.5 Å². The van der Waals surface area contributed by atoms with Gasteiger partial charge in [0.1, 0.15) is 0 Å². The average Bonchev–Trinajstić information content (AvgIpc) is 1.61. The Hall–Kier alpha value is -1.40. The highest BCUT2D eigenvalue weighted by Crippen LogP contribution is 1.82. The summed E-state index contributed by atoms with van der Waals surface area (Å²) in [5.74, 6) is 0. The number of carbonyl (C=O) groups excluding carboxylic acids is 1. The summed E-state index contributed by atoms with van der Waals surface area (Å²) in [7, 11) is 0. The van der Waals surface area contributed by atoms with Crippen LogP contribution in [0.25, 0.3) is 0 Å². The van der Waals surface area contributed by atoms with E-state index in [0.717, 1.165) is 0 Å². The van der Waals surface area contributed by atoms with Crippen LogP contribution in [0.15, 0.2) is 0 Å². The fourth-order valence-corrected chi connectivity index (χ4v) is 0.0597. The Balaban J connectivity index is 3.18. The van der Waals surface area contributed by atoms with Crippen molar-refractivity contribution in [2.24, 2.45) is 0 Å². The maximum Gasteiger partial charge on any atom is 0.527 e. The zero-order chi connectivity index (χ0) is 6.57. The zero-order valence-corrected chi connectivity index (χ0v) is 3.37. The van der Waals surface area contributed by atoms with Gasteiger partial charge in [0, 0.05) is 0 Å². The molecule has 0 aliphatic heterocycles. The first kappa shape index (κ1) is 6.60. The van der Waals surface area contributed by atoms with E-state index in [4.69, 9.17) is 14.9 Å². The Kier molecular flexibility index (Phi) is 2.24. The summed E-state index contributed by atoms with van der Waals surface area (Å²) in [5, 5.41) is 7.58. The second-order valence-corrected chi connectivity index (χ2v) is 0.619. The van der Waals surface area contributed by atoms with Gasteiger partial charge in [0.15, 0.2) is 0 Å². The molecule has 0 aliphatic carbocycles. The van der Waals surface area contributed by atoms with Crippen molar-refractivity contribution >= 4 is 6.22 Å². The van der Waals surface area contributed by atoms with Gasteiger partial charge in [-0.1, -0.05) is 4.99 Å². The lowest BCUT2D eigenvalue weighted by Crippen LogP contribution is -2.03. The van der Waals surface area contributed by atoms with Crippen LogP contribution in [0.5, 0.6) is 0 Å². The van der Waals surface area contributed by atoms with Gasteiger partial charge in [0.2, 0.25) is 0 Å². The Morgan fingerprint density at radius 1 is 1.75 bits per heavy atom. The molecule has 0 saturated heterocycles. The van der Waals surface area contributed by atoms with E-state index in [2.05, 4.69) is 9.88 Å². The summed E-state index contributed by atoms with van der Waals surface area (Å²) in [6, 6.07) is 0. The predicted octanol–water partition coefficient (Wildman–Crippen LogP) is 0.216. The van der Waals surface area contributed by atoms with Crippen LogP contribution in [0.4, 0.5) is 9.18 Å². The summed E-state index contributed by atoms with van der Waals surface area (Å²) in [4.78, 5) is 23.7. The summed E-state index contributed by atoms with van der Waals surface area (Å²) in [6.45, 7) is 0. The molecule has 0 spiro atoms. The van der Waals surface area contributed by atoms with Crippen LogP contribution in [0, 0.1) is 10.1 Å². The van der Waals surface area contributed by atoms with Crippen LogP contribution in [-0.2, 0) is 9.88 Å². The van der Waals surface area contributed by atoms with Crippen molar-refractivity contribution in [1.29, 1.82) is 0 Å². The maximum atomic E-state index is 10.8. The van der Waals surface area contributed by atoms with E-state index in [-0.39, 0.29) is 0 Å². The van der Waals surface area contributed by atoms with Crippen molar-refractivity contribution < 1.29 is 24.1 Å². The maximum absolute atomic E-state index is 10.8. The third-order valence-corrected chi connectivity index (χ3v) is 0.164. The molecule has 0 aliphatic rings. The van der Waals surface area contributed by atoms with Crippen LogP contribution in [0.3, 0.4) is 0 Å². The minimum atomic E-state index is -2.36. The summed E-state index contributed by atoms with van der Waals surface area (Å²) < 4.78 is 10.8. The van der Waals surface area contributed by atoms with Crippen LogP contribution in [0.1, 0.15) is 0 Å². The molecule has 7 heteroatoms. The Morgan fingerprint density at radius 3 is 2.38 bits per heavy atom. The second kappa shape index (κ2) is 2.72. The molecule has 6 nitrogen and oxygen atoms in total. The molecule has 0 unspecified atom stereocenters. The normalized spacial score (nSPS) is 7.62. The van der Waals surface area contributed by atoms with Crippen molar-refractivity contribution in [3.63, 3.8) is 0 Å². The van der Waals surface area contributed by atoms with Crippen molar-refractivity contribution in [2.75, 3.05) is 0 Å². The van der Waals surface area contributed by atoms with E-state index >= 15 is 0 Å². The predicted molar refractivity (Wildman–Crippen MR) is 15.7 cm³/mol. The number of halogens is 1. The van der Waals surface area contributed by atoms with E-state index < -0.39 is 11.3 Å². The van der Waals surface area contributed by atoms with Gasteiger partial charge in [-0.2, -0.15) is 0 Å². The highest BCUT2D eigenvalue weighted by Gasteiger charge is 2.01. The zero-order valence-electron chi connectivity index (χ0n) is 3.37. The minimum absolute atomic E-state index is 1.46. The molecule has 8 heavy (non-hydrogen) atoms. The van der Waals surface area contributed by atoms with E-state index in [0.29, 0.717) is 0 Å². The van der Waals surface area contributed by atoms with Gasteiger partial charge in [0.05, 0.1) is 0 Å². The largest absolute Gasteiger partial charge is 0.527 e. The van der Waals surface area contributed by atoms with Crippen LogP contribution in [0.2, 0.25) is 0 Å². The first-order chi connectivity index (χ1) is 3.63. The van der Waals surface area contributed by atoms with Crippen molar-refractivity contribution in [2.45, 2.75) is 0 Å². The van der Waals surface area contributed by atoms with Crippen molar-refractivity contribution in [3.05, 3.63) is 10.1 Å². The van der Waals surface area contributed by atoms with E-state index in [1.165, 1.54) is 0 Å². The molecule has 0 saturated carbocycles. The van der Waals surface area contributed by atoms with Crippen LogP contribution in [-0.4, -0.2) is 11.3 Å². The summed E-state index contributed by atoms with van der Waals surface area (Å²) >= 11 is 0. The van der Waals surface area contributed by atoms with Gasteiger partial charge in [-0.3, -0.25) is 0 Å². The lowest BCUT2D eigenvalue weighted by Gasteiger charge is -1.86. The molecular formula is CFNO5. The molecule has 0 atom stereocenters. The van der Waals surface area contributed by atoms with Gasteiger partial charge < -0.3 is 0 Å². The molecule has 0 N–H and O–H groups in total. The number of rotatable bonds is 2. The summed E-state index contributed by atoms with van der Waals surface area (Å²) in [6.07, 6.45) is -2.36. The highest BCUT2D eigenvalue weighted by molar-refractivity contribution is 5.56. The Labute approximate surface area is 41.8 Å². The standard InChI is InChI=1S/CFNO5/c2-1(4)7-8-3(5)6. The molecule has 0 amide bonds. The molecule has 0 bridgehead atoms. The number of carbonyl (C=O) groups is 1. The van der Waals surface area contributed by atoms with Crippen molar-refractivity contribution in [3.8, 4) is 0 Å². The number of hydrogen-bond acceptors (Lipinski definition) is 5. The summed E-state index contributed by atoms with van der Waals surface area (Å²) in [5.41, 5.74) is 0. The monoisotopic (exact) mass is 125 g/mol. The second-order valence-electron chi connectivity index (χ2n) is 0.619. The quantitative estimate of drug-likeness (QED) is 0.228. The first-order valence-electron chi connectivity index (χ1n) is 1.31. The fourth-order valence-electron chi connectivity index (χ4n) is 0.0597. The van der Waals surface area contributed by atoms with Crippen LogP contribution >= 0.6 is 0 Å². The Bertz CT molecular complexity index is 97.0. The third-order valence-electron chi connectivity index (χ3n) is 0.164. The third kappa shape index (κ3) is 4.60. The molecular weight excluding hydrogens is 125 g/mol. The minimum Gasteiger partial charge on any atom is -0.227 e. The molecule has 0 rings (SSSR count). The van der Waals surface area contributed by atoms with E-state index in [1.807, 2.05) is 0 Å². The number of hydrogen-bond donors (Lipinski definition) is 0. The Morgan fingerprint density at radius 2 is 2.25 bits per heavy atom. The molecule has 0 radical (unpaired) electrons. The smallest absolute Gasteiger partial charge is 0.227 e. The molecule has 0 fully saturated rings. The van der Waals surface area contributed by atoms with Crippen molar-refractivity contribution in [1.82, 2.24) is 0 Å². The molecule has 46 valence electrons. The lowest BCUT2D eigenvalue weighted by atomic mass is 11.5. The topological polar surface area (TPSA) is 78.7 Å².